The second kappa shape index (κ2) is 8.22. The highest BCUT2D eigenvalue weighted by atomic mass is 16.2. The number of hydrogen-bond acceptors (Lipinski definition) is 2. The SMILES string of the molecule is CC(C)CNC(=O)NC[C@]1(C)CC[C@@](c2ccccc2)(N(C)C)CC1. The van der Waals surface area contributed by atoms with Crippen LogP contribution in [-0.2, 0) is 5.54 Å². The predicted molar refractivity (Wildman–Crippen MR) is 105 cm³/mol. The van der Waals surface area contributed by atoms with E-state index in [0.717, 1.165) is 38.8 Å². The average molecular weight is 346 g/mol. The molecule has 0 aliphatic heterocycles. The zero-order valence-corrected chi connectivity index (χ0v) is 16.6. The maximum Gasteiger partial charge on any atom is 0.314 e. The highest BCUT2D eigenvalue weighted by Gasteiger charge is 2.42. The van der Waals surface area contributed by atoms with E-state index in [0.29, 0.717) is 5.92 Å². The van der Waals surface area contributed by atoms with Crippen LogP contribution < -0.4 is 10.6 Å². The number of nitrogens with zero attached hydrogens (tertiary/aromatic N) is 1. The summed E-state index contributed by atoms with van der Waals surface area (Å²) in [5, 5.41) is 6.02. The number of benzene rings is 1. The Morgan fingerprint density at radius 3 is 2.20 bits per heavy atom. The van der Waals surface area contributed by atoms with Crippen LogP contribution in [0.15, 0.2) is 30.3 Å². The fourth-order valence-electron chi connectivity index (χ4n) is 3.84. The third kappa shape index (κ3) is 4.97. The van der Waals surface area contributed by atoms with E-state index in [1.807, 2.05) is 0 Å². The third-order valence-electron chi connectivity index (χ3n) is 5.80. The maximum absolute atomic E-state index is 12.0. The quantitative estimate of drug-likeness (QED) is 0.819. The standard InChI is InChI=1S/C21H35N3O/c1-17(2)15-22-19(25)23-16-20(3)11-13-21(14-12-20,24(4)5)18-9-7-6-8-10-18/h6-10,17H,11-16H2,1-5H3,(H2,22,23,25)/t20-,21-. The van der Waals surface area contributed by atoms with Crippen LogP contribution in [0.2, 0.25) is 0 Å². The van der Waals surface area contributed by atoms with Gasteiger partial charge >= 0.3 is 6.03 Å². The summed E-state index contributed by atoms with van der Waals surface area (Å²) in [7, 11) is 4.38. The zero-order chi connectivity index (χ0) is 18.5. The van der Waals surface area contributed by atoms with Gasteiger partial charge in [-0.05, 0) is 56.7 Å². The fraction of sp³-hybridized carbons (Fsp3) is 0.667. The molecule has 0 aromatic heterocycles. The lowest BCUT2D eigenvalue weighted by Crippen LogP contribution is -2.49. The lowest BCUT2D eigenvalue weighted by Gasteiger charge is -2.49. The molecule has 140 valence electrons. The lowest BCUT2D eigenvalue weighted by atomic mass is 9.65. The summed E-state index contributed by atoms with van der Waals surface area (Å²) in [4.78, 5) is 14.3. The molecule has 0 radical (unpaired) electrons. The van der Waals surface area contributed by atoms with E-state index in [1.165, 1.54) is 5.56 Å². The van der Waals surface area contributed by atoms with Gasteiger partial charge in [0, 0.05) is 18.6 Å². The Hall–Kier alpha value is -1.55. The molecule has 0 spiro atoms. The van der Waals surface area contributed by atoms with Gasteiger partial charge in [-0.15, -0.1) is 0 Å². The zero-order valence-electron chi connectivity index (χ0n) is 16.6. The molecule has 0 heterocycles. The van der Waals surface area contributed by atoms with E-state index < -0.39 is 0 Å². The van der Waals surface area contributed by atoms with Crippen LogP contribution in [0.5, 0.6) is 0 Å². The molecule has 1 aromatic rings. The molecule has 0 atom stereocenters. The molecular weight excluding hydrogens is 310 g/mol. The minimum absolute atomic E-state index is 0.0394. The third-order valence-corrected chi connectivity index (χ3v) is 5.80. The lowest BCUT2D eigenvalue weighted by molar-refractivity contribution is 0.0435. The molecule has 0 saturated heterocycles. The Bertz CT molecular complexity index is 546. The van der Waals surface area contributed by atoms with Gasteiger partial charge in [0.1, 0.15) is 0 Å². The summed E-state index contributed by atoms with van der Waals surface area (Å²) in [6, 6.07) is 10.8. The summed E-state index contributed by atoms with van der Waals surface area (Å²) in [6.45, 7) is 7.98. The Labute approximate surface area is 153 Å². The first kappa shape index (κ1) is 19.8. The van der Waals surface area contributed by atoms with Gasteiger partial charge < -0.3 is 10.6 Å². The van der Waals surface area contributed by atoms with Gasteiger partial charge in [-0.3, -0.25) is 4.90 Å². The molecule has 2 amide bonds. The van der Waals surface area contributed by atoms with E-state index in [9.17, 15) is 4.79 Å². The van der Waals surface area contributed by atoms with Gasteiger partial charge in [0.05, 0.1) is 0 Å². The molecule has 2 rings (SSSR count). The fourth-order valence-corrected chi connectivity index (χ4v) is 3.84. The van der Waals surface area contributed by atoms with Crippen LogP contribution in [0.25, 0.3) is 0 Å². The van der Waals surface area contributed by atoms with Gasteiger partial charge in [0.2, 0.25) is 0 Å². The van der Waals surface area contributed by atoms with Gasteiger partial charge in [-0.1, -0.05) is 51.1 Å². The van der Waals surface area contributed by atoms with Crippen LogP contribution in [0.1, 0.15) is 52.0 Å². The summed E-state index contributed by atoms with van der Waals surface area (Å²) in [5.74, 6) is 0.475. The molecule has 1 aliphatic rings. The Morgan fingerprint density at radius 2 is 1.68 bits per heavy atom. The average Bonchev–Trinajstić information content (AvgIpc) is 2.59. The molecule has 1 aliphatic carbocycles. The van der Waals surface area contributed by atoms with Crippen molar-refractivity contribution >= 4 is 6.03 Å². The van der Waals surface area contributed by atoms with Gasteiger partial charge in [-0.2, -0.15) is 0 Å². The number of rotatable bonds is 6. The molecule has 25 heavy (non-hydrogen) atoms. The van der Waals surface area contributed by atoms with E-state index in [-0.39, 0.29) is 17.0 Å². The minimum Gasteiger partial charge on any atom is -0.338 e. The highest BCUT2D eigenvalue weighted by Crippen LogP contribution is 2.47. The molecule has 0 bridgehead atoms. The van der Waals surface area contributed by atoms with Crippen molar-refractivity contribution in [2.24, 2.45) is 11.3 Å². The summed E-state index contributed by atoms with van der Waals surface area (Å²) < 4.78 is 0. The molecule has 4 heteroatoms. The second-order valence-corrected chi connectivity index (χ2v) is 8.56. The van der Waals surface area contributed by atoms with Crippen molar-refractivity contribution in [1.29, 1.82) is 0 Å². The molecule has 1 aromatic carbocycles. The second-order valence-electron chi connectivity index (χ2n) is 8.56. The number of hydrogen-bond donors (Lipinski definition) is 2. The molecule has 0 unspecified atom stereocenters. The molecule has 1 saturated carbocycles. The van der Waals surface area contributed by atoms with Crippen LogP contribution in [-0.4, -0.2) is 38.1 Å². The number of carbonyl (C=O) groups is 1. The largest absolute Gasteiger partial charge is 0.338 e. The van der Waals surface area contributed by atoms with Crippen molar-refractivity contribution in [1.82, 2.24) is 15.5 Å². The summed E-state index contributed by atoms with van der Waals surface area (Å²) >= 11 is 0. The topological polar surface area (TPSA) is 44.4 Å². The predicted octanol–water partition coefficient (Wildman–Crippen LogP) is 3.98. The van der Waals surface area contributed by atoms with Crippen molar-refractivity contribution in [2.75, 3.05) is 27.2 Å². The van der Waals surface area contributed by atoms with Crippen molar-refractivity contribution < 1.29 is 4.79 Å². The van der Waals surface area contributed by atoms with E-state index >= 15 is 0 Å². The maximum atomic E-state index is 12.0. The smallest absolute Gasteiger partial charge is 0.314 e. The number of carbonyl (C=O) groups excluding carboxylic acids is 1. The van der Waals surface area contributed by atoms with Crippen LogP contribution in [0.4, 0.5) is 4.79 Å². The van der Waals surface area contributed by atoms with E-state index in [1.54, 1.807) is 0 Å². The van der Waals surface area contributed by atoms with Gasteiger partial charge in [-0.25, -0.2) is 4.79 Å². The van der Waals surface area contributed by atoms with E-state index in [4.69, 9.17) is 0 Å². The monoisotopic (exact) mass is 345 g/mol. The van der Waals surface area contributed by atoms with Crippen molar-refractivity contribution in [3.63, 3.8) is 0 Å². The minimum atomic E-state index is -0.0394. The van der Waals surface area contributed by atoms with Crippen molar-refractivity contribution in [2.45, 2.75) is 52.0 Å². The summed E-state index contributed by atoms with van der Waals surface area (Å²) in [5.41, 5.74) is 1.69. The normalized spacial score (nSPS) is 26.7. The van der Waals surface area contributed by atoms with Crippen molar-refractivity contribution in [3.05, 3.63) is 35.9 Å². The Kier molecular flexibility index (Phi) is 6.50. The summed E-state index contributed by atoms with van der Waals surface area (Å²) in [6.07, 6.45) is 4.47. The molecule has 2 N–H and O–H groups in total. The molecule has 1 fully saturated rings. The van der Waals surface area contributed by atoms with Crippen LogP contribution in [0.3, 0.4) is 0 Å². The van der Waals surface area contributed by atoms with E-state index in [2.05, 4.69) is 80.7 Å². The van der Waals surface area contributed by atoms with Crippen LogP contribution in [0, 0.1) is 11.3 Å². The van der Waals surface area contributed by atoms with Gasteiger partial charge in [0.25, 0.3) is 0 Å². The molecular formula is C21H35N3O. The van der Waals surface area contributed by atoms with Crippen molar-refractivity contribution in [3.8, 4) is 0 Å². The first-order valence-electron chi connectivity index (χ1n) is 9.52. The Balaban J connectivity index is 1.95. The number of amides is 2. The van der Waals surface area contributed by atoms with Gasteiger partial charge in [0.15, 0.2) is 0 Å². The highest BCUT2D eigenvalue weighted by molar-refractivity contribution is 5.73. The molecule has 4 nitrogen and oxygen atoms in total. The first-order chi connectivity index (χ1) is 11.8. The Morgan fingerprint density at radius 1 is 1.08 bits per heavy atom. The first-order valence-corrected chi connectivity index (χ1v) is 9.52. The number of nitrogens with one attached hydrogen (secondary N) is 2. The number of urea groups is 1. The van der Waals surface area contributed by atoms with Crippen LogP contribution >= 0.6 is 0 Å².